The molecular weight excluding hydrogens is 454 g/mol. The molecule has 0 unspecified atom stereocenters. The van der Waals surface area contributed by atoms with Gasteiger partial charge in [-0.05, 0) is 56.5 Å². The van der Waals surface area contributed by atoms with Gasteiger partial charge in [0.1, 0.15) is 11.5 Å². The van der Waals surface area contributed by atoms with E-state index in [-0.39, 0.29) is 5.91 Å². The Hall–Kier alpha value is -5.12. The molecule has 5 aromatic rings. The fraction of sp³-hybridized carbons (Fsp3) is 0.0769. The van der Waals surface area contributed by atoms with Crippen LogP contribution in [0.2, 0.25) is 0 Å². The number of allylic oxidation sites excluding steroid dienone is 1. The monoisotopic (exact) mass is 479 g/mol. The SMILES string of the molecule is Cc1nc(-c2ccc3cc(C(=O)NC(/C=C\N)=C/N)[nH]c3c2)nc(Nc2ccc3[nH]ncc3c2)c1C. The molecule has 0 radical (unpaired) electrons. The van der Waals surface area contributed by atoms with Crippen LogP contribution in [0.5, 0.6) is 0 Å². The molecule has 36 heavy (non-hydrogen) atoms. The molecule has 1 amide bonds. The maximum absolute atomic E-state index is 12.6. The lowest BCUT2D eigenvalue weighted by Crippen LogP contribution is -2.23. The molecule has 0 aliphatic carbocycles. The van der Waals surface area contributed by atoms with Crippen LogP contribution in [0.4, 0.5) is 11.5 Å². The summed E-state index contributed by atoms with van der Waals surface area (Å²) >= 11 is 0. The van der Waals surface area contributed by atoms with Gasteiger partial charge < -0.3 is 27.1 Å². The number of carbonyl (C=O) groups excluding carboxylic acids is 1. The van der Waals surface area contributed by atoms with Gasteiger partial charge in [0.15, 0.2) is 5.82 Å². The van der Waals surface area contributed by atoms with Crippen molar-refractivity contribution in [3.63, 3.8) is 0 Å². The van der Waals surface area contributed by atoms with Crippen LogP contribution in [-0.4, -0.2) is 31.1 Å². The van der Waals surface area contributed by atoms with Crippen molar-refractivity contribution in [2.24, 2.45) is 11.5 Å². The van der Waals surface area contributed by atoms with Crippen molar-refractivity contribution >= 4 is 39.2 Å². The number of benzene rings is 2. The third-order valence-electron chi connectivity index (χ3n) is 5.93. The molecule has 3 heterocycles. The predicted molar refractivity (Wildman–Crippen MR) is 141 cm³/mol. The van der Waals surface area contributed by atoms with E-state index in [1.54, 1.807) is 12.3 Å². The summed E-state index contributed by atoms with van der Waals surface area (Å²) in [6.45, 7) is 3.94. The van der Waals surface area contributed by atoms with Gasteiger partial charge in [-0.15, -0.1) is 0 Å². The minimum absolute atomic E-state index is 0.328. The van der Waals surface area contributed by atoms with E-state index in [0.717, 1.165) is 50.1 Å². The van der Waals surface area contributed by atoms with Crippen molar-refractivity contribution in [3.8, 4) is 11.4 Å². The summed E-state index contributed by atoms with van der Waals surface area (Å²) in [6, 6.07) is 13.5. The van der Waals surface area contributed by atoms with Crippen LogP contribution in [0.15, 0.2) is 72.8 Å². The molecule has 2 aromatic carbocycles. The van der Waals surface area contributed by atoms with Crippen molar-refractivity contribution in [2.75, 3.05) is 5.32 Å². The summed E-state index contributed by atoms with van der Waals surface area (Å²) in [7, 11) is 0. The lowest BCUT2D eigenvalue weighted by atomic mass is 10.1. The summed E-state index contributed by atoms with van der Waals surface area (Å²) in [6.07, 6.45) is 5.87. The lowest BCUT2D eigenvalue weighted by Gasteiger charge is -2.13. The quantitative estimate of drug-likeness (QED) is 0.201. The van der Waals surface area contributed by atoms with E-state index in [1.807, 2.05) is 50.2 Å². The average Bonchev–Trinajstić information content (AvgIpc) is 3.52. The van der Waals surface area contributed by atoms with Gasteiger partial charge >= 0.3 is 0 Å². The summed E-state index contributed by atoms with van der Waals surface area (Å²) in [5, 5.41) is 15.0. The number of nitrogens with one attached hydrogen (secondary N) is 4. The fourth-order valence-electron chi connectivity index (χ4n) is 3.87. The normalized spacial score (nSPS) is 12.0. The summed E-state index contributed by atoms with van der Waals surface area (Å²) in [5.41, 5.74) is 17.0. The molecule has 0 aliphatic heterocycles. The number of fused-ring (bicyclic) bond motifs is 2. The van der Waals surface area contributed by atoms with Crippen LogP contribution in [0.3, 0.4) is 0 Å². The van der Waals surface area contributed by atoms with Crippen LogP contribution in [0.25, 0.3) is 33.2 Å². The Bertz CT molecular complexity index is 1660. The van der Waals surface area contributed by atoms with E-state index in [1.165, 1.54) is 18.5 Å². The maximum Gasteiger partial charge on any atom is 0.272 e. The number of aromatic amines is 2. The number of nitrogens with two attached hydrogens (primary N) is 2. The summed E-state index contributed by atoms with van der Waals surface area (Å²) < 4.78 is 0. The first kappa shape index (κ1) is 22.7. The molecule has 0 atom stereocenters. The van der Waals surface area contributed by atoms with E-state index in [0.29, 0.717) is 17.2 Å². The number of aromatic nitrogens is 5. The molecule has 0 saturated carbocycles. The summed E-state index contributed by atoms with van der Waals surface area (Å²) in [5.74, 6) is 0.973. The van der Waals surface area contributed by atoms with E-state index < -0.39 is 0 Å². The number of anilines is 2. The molecule has 0 spiro atoms. The van der Waals surface area contributed by atoms with Crippen LogP contribution < -0.4 is 22.1 Å². The van der Waals surface area contributed by atoms with Gasteiger partial charge in [-0.1, -0.05) is 12.1 Å². The van der Waals surface area contributed by atoms with Crippen LogP contribution in [0.1, 0.15) is 21.7 Å². The van der Waals surface area contributed by atoms with Gasteiger partial charge in [0.25, 0.3) is 5.91 Å². The zero-order valence-electron chi connectivity index (χ0n) is 19.8. The summed E-state index contributed by atoms with van der Waals surface area (Å²) in [4.78, 5) is 25.3. The van der Waals surface area contributed by atoms with Crippen molar-refractivity contribution in [1.82, 2.24) is 30.5 Å². The number of nitrogens with zero attached hydrogens (tertiary/aromatic N) is 3. The third kappa shape index (κ3) is 4.34. The largest absolute Gasteiger partial charge is 0.405 e. The Morgan fingerprint density at radius 2 is 1.86 bits per heavy atom. The molecule has 0 bridgehead atoms. The van der Waals surface area contributed by atoms with Gasteiger partial charge in [0.2, 0.25) is 0 Å². The molecule has 8 N–H and O–H groups in total. The Balaban J connectivity index is 1.45. The number of hydrogen-bond acceptors (Lipinski definition) is 7. The number of hydrogen-bond donors (Lipinski definition) is 6. The third-order valence-corrected chi connectivity index (χ3v) is 5.93. The van der Waals surface area contributed by atoms with E-state index in [9.17, 15) is 4.79 Å². The standard InChI is InChI=1S/C26H25N9O/c1-14-15(2)30-25(34-24(14)31-19-5-6-21-18(9-19)13-29-35-21)17-4-3-16-10-23(33-22(16)11-17)26(36)32-20(12-28)7-8-27/h3-13,33H,27-28H2,1-2H3,(H,29,35)(H,32,36)(H,30,31,34)/b8-7-,20-12+. The number of rotatable bonds is 6. The molecule has 180 valence electrons. The van der Waals surface area contributed by atoms with Crippen LogP contribution in [0, 0.1) is 13.8 Å². The molecule has 10 heteroatoms. The van der Waals surface area contributed by atoms with Crippen molar-refractivity contribution in [3.05, 3.63) is 89.8 Å². The van der Waals surface area contributed by atoms with Gasteiger partial charge in [-0.2, -0.15) is 5.10 Å². The first-order valence-corrected chi connectivity index (χ1v) is 11.2. The topological polar surface area (TPSA) is 163 Å². The van der Waals surface area contributed by atoms with Gasteiger partial charge in [0, 0.05) is 45.0 Å². The zero-order valence-corrected chi connectivity index (χ0v) is 19.8. The molecule has 10 nitrogen and oxygen atoms in total. The smallest absolute Gasteiger partial charge is 0.272 e. The van der Waals surface area contributed by atoms with Crippen molar-refractivity contribution < 1.29 is 4.79 Å². The minimum Gasteiger partial charge on any atom is -0.405 e. The Morgan fingerprint density at radius 1 is 1.00 bits per heavy atom. The first-order chi connectivity index (χ1) is 17.4. The van der Waals surface area contributed by atoms with Crippen molar-refractivity contribution in [1.29, 1.82) is 0 Å². The average molecular weight is 480 g/mol. The Morgan fingerprint density at radius 3 is 2.67 bits per heavy atom. The number of amides is 1. The minimum atomic E-state index is -0.328. The van der Waals surface area contributed by atoms with Gasteiger partial charge in [0.05, 0.1) is 17.4 Å². The second kappa shape index (κ2) is 9.26. The second-order valence-electron chi connectivity index (χ2n) is 8.32. The highest BCUT2D eigenvalue weighted by Crippen LogP contribution is 2.28. The maximum atomic E-state index is 12.6. The first-order valence-electron chi connectivity index (χ1n) is 11.2. The predicted octanol–water partition coefficient (Wildman–Crippen LogP) is 3.86. The highest BCUT2D eigenvalue weighted by Gasteiger charge is 2.14. The van der Waals surface area contributed by atoms with E-state index in [2.05, 4.69) is 25.8 Å². The zero-order chi connectivity index (χ0) is 25.2. The molecule has 0 fully saturated rings. The molecule has 0 saturated heterocycles. The number of H-pyrrole nitrogens is 2. The molecular formula is C26H25N9O. The molecule has 5 rings (SSSR count). The van der Waals surface area contributed by atoms with E-state index >= 15 is 0 Å². The van der Waals surface area contributed by atoms with Gasteiger partial charge in [-0.25, -0.2) is 9.97 Å². The number of carbonyl (C=O) groups is 1. The van der Waals surface area contributed by atoms with Crippen LogP contribution in [-0.2, 0) is 0 Å². The lowest BCUT2D eigenvalue weighted by molar-refractivity contribution is 0.0963. The van der Waals surface area contributed by atoms with Gasteiger partial charge in [-0.3, -0.25) is 9.89 Å². The Labute approximate surface area is 206 Å². The van der Waals surface area contributed by atoms with Crippen LogP contribution >= 0.6 is 0 Å². The highest BCUT2D eigenvalue weighted by molar-refractivity contribution is 5.99. The molecule has 0 aliphatic rings. The van der Waals surface area contributed by atoms with Crippen molar-refractivity contribution in [2.45, 2.75) is 13.8 Å². The molecule has 3 aromatic heterocycles. The second-order valence-corrected chi connectivity index (χ2v) is 8.32. The number of aryl methyl sites for hydroxylation is 1. The Kier molecular flexibility index (Phi) is 5.83. The van der Waals surface area contributed by atoms with E-state index in [4.69, 9.17) is 21.4 Å². The highest BCUT2D eigenvalue weighted by atomic mass is 16.1. The fourth-order valence-corrected chi connectivity index (χ4v) is 3.87.